The van der Waals surface area contributed by atoms with Crippen LogP contribution in [0.5, 0.6) is 0 Å². The molecule has 0 fully saturated rings. The van der Waals surface area contributed by atoms with Gasteiger partial charge in [-0.25, -0.2) is 14.8 Å². The molecule has 0 amide bonds. The molecule has 1 aromatic heterocycles. The molecule has 0 aromatic carbocycles. The molecule has 1 aromatic rings. The molecule has 0 bridgehead atoms. The van der Waals surface area contributed by atoms with Crippen LogP contribution < -0.4 is 5.32 Å². The summed E-state index contributed by atoms with van der Waals surface area (Å²) in [6, 6.07) is 0.296. The van der Waals surface area contributed by atoms with Crippen molar-refractivity contribution in [1.29, 1.82) is 0 Å². The Labute approximate surface area is 94.9 Å². The predicted octanol–water partition coefficient (Wildman–Crippen LogP) is 2.02. The molecule has 0 aliphatic heterocycles. The van der Waals surface area contributed by atoms with Crippen LogP contribution >= 0.6 is 0 Å². The highest BCUT2D eigenvalue weighted by atomic mass is 16.4. The highest BCUT2D eigenvalue weighted by Crippen LogP contribution is 2.09. The fourth-order valence-electron chi connectivity index (χ4n) is 1.53. The lowest BCUT2D eigenvalue weighted by Gasteiger charge is -2.15. The molecule has 0 radical (unpaired) electrons. The fourth-order valence-corrected chi connectivity index (χ4v) is 1.53. The summed E-state index contributed by atoms with van der Waals surface area (Å²) >= 11 is 0. The molecule has 0 saturated carbocycles. The van der Waals surface area contributed by atoms with Crippen molar-refractivity contribution in [2.75, 3.05) is 5.32 Å². The van der Waals surface area contributed by atoms with Crippen molar-refractivity contribution >= 4 is 11.8 Å². The van der Waals surface area contributed by atoms with Gasteiger partial charge in [-0.1, -0.05) is 13.8 Å². The number of hydrogen-bond donors (Lipinski definition) is 2. The molecule has 1 atom stereocenters. The first-order chi connectivity index (χ1) is 7.49. The van der Waals surface area contributed by atoms with Crippen molar-refractivity contribution in [3.8, 4) is 0 Å². The minimum Gasteiger partial charge on any atom is -0.476 e. The van der Waals surface area contributed by atoms with E-state index in [0.717, 1.165) is 6.42 Å². The largest absolute Gasteiger partial charge is 0.476 e. The van der Waals surface area contributed by atoms with Gasteiger partial charge in [0.2, 0.25) is 0 Å². The fraction of sp³-hybridized carbons (Fsp3) is 0.545. The summed E-state index contributed by atoms with van der Waals surface area (Å²) in [5.41, 5.74) is -0.0398. The van der Waals surface area contributed by atoms with E-state index in [2.05, 4.69) is 36.1 Å². The van der Waals surface area contributed by atoms with E-state index in [9.17, 15) is 4.79 Å². The number of anilines is 1. The Morgan fingerprint density at radius 2 is 2.06 bits per heavy atom. The summed E-state index contributed by atoms with van der Waals surface area (Å²) in [7, 11) is 0. The topological polar surface area (TPSA) is 75.1 Å². The van der Waals surface area contributed by atoms with Crippen molar-refractivity contribution in [2.45, 2.75) is 33.2 Å². The molecule has 5 heteroatoms. The minimum atomic E-state index is -1.06. The second-order valence-electron chi connectivity index (χ2n) is 4.27. The van der Waals surface area contributed by atoms with Gasteiger partial charge in [0.05, 0.1) is 12.4 Å². The number of carbonyl (C=O) groups is 1. The quantitative estimate of drug-likeness (QED) is 0.798. The van der Waals surface area contributed by atoms with Crippen LogP contribution in [0, 0.1) is 5.92 Å². The molecule has 1 heterocycles. The second-order valence-corrected chi connectivity index (χ2v) is 4.27. The van der Waals surface area contributed by atoms with E-state index in [1.807, 2.05) is 0 Å². The summed E-state index contributed by atoms with van der Waals surface area (Å²) in [5, 5.41) is 11.8. The summed E-state index contributed by atoms with van der Waals surface area (Å²) in [5.74, 6) is 0.154. The van der Waals surface area contributed by atoms with Crippen molar-refractivity contribution in [3.63, 3.8) is 0 Å². The maximum Gasteiger partial charge on any atom is 0.356 e. The summed E-state index contributed by atoms with van der Waals surface area (Å²) < 4.78 is 0. The molecule has 0 saturated heterocycles. The molecule has 5 nitrogen and oxygen atoms in total. The molecule has 2 N–H and O–H groups in total. The van der Waals surface area contributed by atoms with Crippen LogP contribution in [0.4, 0.5) is 5.82 Å². The molecule has 0 aliphatic rings. The van der Waals surface area contributed by atoms with E-state index < -0.39 is 5.97 Å². The monoisotopic (exact) mass is 223 g/mol. The van der Waals surface area contributed by atoms with Crippen LogP contribution in [0.15, 0.2) is 12.4 Å². The Bertz CT molecular complexity index is 349. The van der Waals surface area contributed by atoms with E-state index in [0.29, 0.717) is 17.8 Å². The van der Waals surface area contributed by atoms with E-state index in [-0.39, 0.29) is 5.69 Å². The number of nitrogens with zero attached hydrogens (tertiary/aromatic N) is 2. The number of carboxylic acid groups (broad SMARTS) is 1. The maximum atomic E-state index is 10.6. The summed E-state index contributed by atoms with van der Waals surface area (Å²) in [6.45, 7) is 6.36. The Morgan fingerprint density at radius 1 is 1.38 bits per heavy atom. The van der Waals surface area contributed by atoms with Crippen LogP contribution in [-0.2, 0) is 0 Å². The van der Waals surface area contributed by atoms with Crippen LogP contribution in [0.2, 0.25) is 0 Å². The van der Waals surface area contributed by atoms with Gasteiger partial charge in [-0.2, -0.15) is 0 Å². The summed E-state index contributed by atoms with van der Waals surface area (Å²) in [4.78, 5) is 18.3. The normalized spacial score (nSPS) is 12.5. The number of rotatable bonds is 5. The van der Waals surface area contributed by atoms with Crippen molar-refractivity contribution < 1.29 is 9.90 Å². The summed E-state index contributed by atoms with van der Waals surface area (Å²) in [6.07, 6.45) is 3.73. The van der Waals surface area contributed by atoms with Gasteiger partial charge in [-0.3, -0.25) is 0 Å². The zero-order valence-electron chi connectivity index (χ0n) is 9.77. The average molecular weight is 223 g/mol. The van der Waals surface area contributed by atoms with Gasteiger partial charge in [0.25, 0.3) is 0 Å². The number of carboxylic acids is 1. The standard InChI is InChI=1S/C11H17N3O2/c1-7(2)4-8(3)14-10-6-12-9(5-13-10)11(15)16/h5-8H,4H2,1-3H3,(H,13,14)(H,15,16). The van der Waals surface area contributed by atoms with E-state index in [1.165, 1.54) is 12.4 Å². The molecule has 0 aliphatic carbocycles. The second kappa shape index (κ2) is 5.44. The molecule has 16 heavy (non-hydrogen) atoms. The zero-order valence-corrected chi connectivity index (χ0v) is 9.77. The lowest BCUT2D eigenvalue weighted by Crippen LogP contribution is -2.18. The predicted molar refractivity (Wildman–Crippen MR) is 61.5 cm³/mol. The van der Waals surface area contributed by atoms with Crippen LogP contribution in [0.25, 0.3) is 0 Å². The third-order valence-electron chi connectivity index (χ3n) is 2.09. The first-order valence-electron chi connectivity index (χ1n) is 5.31. The maximum absolute atomic E-state index is 10.6. The van der Waals surface area contributed by atoms with Crippen molar-refractivity contribution in [2.24, 2.45) is 5.92 Å². The number of hydrogen-bond acceptors (Lipinski definition) is 4. The Hall–Kier alpha value is -1.65. The SMILES string of the molecule is CC(C)CC(C)Nc1cnc(C(=O)O)cn1. The van der Waals surface area contributed by atoms with Gasteiger partial charge >= 0.3 is 5.97 Å². The van der Waals surface area contributed by atoms with Crippen molar-refractivity contribution in [3.05, 3.63) is 18.1 Å². The Balaban J connectivity index is 2.58. The van der Waals surface area contributed by atoms with E-state index >= 15 is 0 Å². The molecule has 88 valence electrons. The molecule has 0 spiro atoms. The minimum absolute atomic E-state index is 0.0398. The van der Waals surface area contributed by atoms with Crippen molar-refractivity contribution in [1.82, 2.24) is 9.97 Å². The molecular formula is C11H17N3O2. The lowest BCUT2D eigenvalue weighted by atomic mass is 10.1. The Kier molecular flexibility index (Phi) is 4.22. The van der Waals surface area contributed by atoms with E-state index in [4.69, 9.17) is 5.11 Å². The highest BCUT2D eigenvalue weighted by Gasteiger charge is 2.08. The third-order valence-corrected chi connectivity index (χ3v) is 2.09. The van der Waals surface area contributed by atoms with Crippen LogP contribution in [-0.4, -0.2) is 27.1 Å². The Morgan fingerprint density at radius 3 is 2.50 bits per heavy atom. The number of aromatic nitrogens is 2. The molecular weight excluding hydrogens is 206 g/mol. The van der Waals surface area contributed by atoms with Gasteiger partial charge in [-0.15, -0.1) is 0 Å². The van der Waals surface area contributed by atoms with Gasteiger partial charge in [0.1, 0.15) is 5.82 Å². The average Bonchev–Trinajstić information content (AvgIpc) is 2.16. The van der Waals surface area contributed by atoms with E-state index in [1.54, 1.807) is 0 Å². The smallest absolute Gasteiger partial charge is 0.356 e. The first-order valence-corrected chi connectivity index (χ1v) is 5.31. The number of aromatic carboxylic acids is 1. The zero-order chi connectivity index (χ0) is 12.1. The van der Waals surface area contributed by atoms with Gasteiger partial charge in [-0.05, 0) is 19.3 Å². The number of nitrogens with one attached hydrogen (secondary N) is 1. The lowest BCUT2D eigenvalue weighted by molar-refractivity contribution is 0.0690. The first kappa shape index (κ1) is 12.4. The van der Waals surface area contributed by atoms with Gasteiger partial charge < -0.3 is 10.4 Å². The van der Waals surface area contributed by atoms with Gasteiger partial charge in [0, 0.05) is 6.04 Å². The van der Waals surface area contributed by atoms with Gasteiger partial charge in [0.15, 0.2) is 5.69 Å². The molecule has 1 unspecified atom stereocenters. The molecule has 1 rings (SSSR count). The van der Waals surface area contributed by atoms with Crippen LogP contribution in [0.1, 0.15) is 37.7 Å². The van der Waals surface area contributed by atoms with Crippen LogP contribution in [0.3, 0.4) is 0 Å². The third kappa shape index (κ3) is 3.84. The highest BCUT2D eigenvalue weighted by molar-refractivity contribution is 5.84.